The van der Waals surface area contributed by atoms with Gasteiger partial charge in [-0.2, -0.15) is 0 Å². The van der Waals surface area contributed by atoms with Crippen molar-refractivity contribution in [2.45, 2.75) is 32.2 Å². The van der Waals surface area contributed by atoms with Crippen LogP contribution in [0.5, 0.6) is 0 Å². The van der Waals surface area contributed by atoms with Gasteiger partial charge in [0.25, 0.3) is 0 Å². The maximum Gasteiger partial charge on any atom is 0.303 e. The zero-order valence-electron chi connectivity index (χ0n) is 9.42. The molecule has 4 nitrogen and oxygen atoms in total. The van der Waals surface area contributed by atoms with E-state index in [-0.39, 0.29) is 6.42 Å². The minimum Gasteiger partial charge on any atom is -0.481 e. The Balaban J connectivity index is 0.000000292. The molecular weight excluding hydrogens is 180 g/mol. The topological polar surface area (TPSA) is 52.6 Å². The van der Waals surface area contributed by atoms with Gasteiger partial charge in [-0.3, -0.25) is 4.79 Å². The van der Waals surface area contributed by atoms with Gasteiger partial charge in [0, 0.05) is 19.0 Å². The van der Waals surface area contributed by atoms with Gasteiger partial charge < -0.3 is 15.3 Å². The van der Waals surface area contributed by atoms with Gasteiger partial charge in [0.05, 0.1) is 0 Å². The summed E-state index contributed by atoms with van der Waals surface area (Å²) < 4.78 is 0. The molecular formula is C10H22N2O2. The third-order valence-corrected chi connectivity index (χ3v) is 2.34. The molecule has 1 aliphatic heterocycles. The number of likely N-dealkylation sites (tertiary alicyclic amines) is 1. The summed E-state index contributed by atoms with van der Waals surface area (Å²) in [6, 6.07) is 0.740. The van der Waals surface area contributed by atoms with Crippen molar-refractivity contribution < 1.29 is 9.90 Å². The van der Waals surface area contributed by atoms with E-state index in [1.807, 2.05) is 7.05 Å². The molecule has 1 saturated heterocycles. The van der Waals surface area contributed by atoms with Crippen molar-refractivity contribution in [3.05, 3.63) is 0 Å². The second kappa shape index (κ2) is 7.76. The summed E-state index contributed by atoms with van der Waals surface area (Å²) in [7, 11) is 4.23. The molecule has 0 bridgehead atoms. The molecule has 1 aliphatic rings. The summed E-state index contributed by atoms with van der Waals surface area (Å²) in [6.07, 6.45) is 2.92. The van der Waals surface area contributed by atoms with E-state index < -0.39 is 5.97 Å². The molecule has 0 aromatic heterocycles. The molecule has 1 rings (SSSR count). The molecule has 0 aromatic rings. The van der Waals surface area contributed by atoms with E-state index in [0.29, 0.717) is 0 Å². The van der Waals surface area contributed by atoms with Gasteiger partial charge in [0.1, 0.15) is 0 Å². The number of carboxylic acid groups (broad SMARTS) is 1. The van der Waals surface area contributed by atoms with Crippen LogP contribution in [-0.4, -0.2) is 49.2 Å². The Morgan fingerprint density at radius 2 is 2.21 bits per heavy atom. The fourth-order valence-electron chi connectivity index (χ4n) is 1.40. The number of aliphatic carboxylic acids is 1. The summed E-state index contributed by atoms with van der Waals surface area (Å²) in [5.74, 6) is -0.745. The van der Waals surface area contributed by atoms with Crippen LogP contribution in [0.25, 0.3) is 0 Å². The molecule has 0 spiro atoms. The van der Waals surface area contributed by atoms with E-state index in [1.165, 1.54) is 25.9 Å². The van der Waals surface area contributed by atoms with Gasteiger partial charge >= 0.3 is 5.97 Å². The predicted octanol–water partition coefficient (Wildman–Crippen LogP) is 0.781. The Kier molecular flexibility index (Phi) is 7.42. The number of carbonyl (C=O) groups is 1. The van der Waals surface area contributed by atoms with Crippen molar-refractivity contribution >= 4 is 5.97 Å². The van der Waals surface area contributed by atoms with E-state index in [0.717, 1.165) is 6.04 Å². The fourth-order valence-corrected chi connectivity index (χ4v) is 1.40. The molecule has 4 heteroatoms. The van der Waals surface area contributed by atoms with Crippen LogP contribution in [0.1, 0.15) is 26.2 Å². The minimum atomic E-state index is -0.745. The highest BCUT2D eigenvalue weighted by Gasteiger charge is 2.13. The van der Waals surface area contributed by atoms with E-state index >= 15 is 0 Å². The lowest BCUT2D eigenvalue weighted by molar-refractivity contribution is -0.136. The van der Waals surface area contributed by atoms with Gasteiger partial charge in [-0.05, 0) is 33.5 Å². The molecule has 0 saturated carbocycles. The summed E-state index contributed by atoms with van der Waals surface area (Å²) >= 11 is 0. The Bertz CT molecular complexity index is 162. The number of rotatable bonds is 2. The Morgan fingerprint density at radius 1 is 1.64 bits per heavy atom. The summed E-state index contributed by atoms with van der Waals surface area (Å²) in [5.41, 5.74) is 0. The number of likely N-dealkylation sites (N-methyl/N-ethyl adjacent to an activating group) is 2. The fraction of sp³-hybridized carbons (Fsp3) is 0.900. The number of carboxylic acids is 1. The van der Waals surface area contributed by atoms with E-state index in [2.05, 4.69) is 17.3 Å². The number of hydrogen-bond donors (Lipinski definition) is 2. The standard InChI is InChI=1S/C7H16N2.C3H6O2/c1-8-7-4-3-5-9(2)6-7;1-2-3(4)5/h7-8H,3-6H2,1-2H3;2H2,1H3,(H,4,5). The van der Waals surface area contributed by atoms with Gasteiger partial charge in [-0.1, -0.05) is 6.92 Å². The van der Waals surface area contributed by atoms with Crippen LogP contribution in [-0.2, 0) is 4.79 Å². The highest BCUT2D eigenvalue weighted by molar-refractivity contribution is 5.66. The number of hydrogen-bond acceptors (Lipinski definition) is 3. The van der Waals surface area contributed by atoms with Crippen LogP contribution < -0.4 is 5.32 Å². The van der Waals surface area contributed by atoms with Crippen molar-refractivity contribution in [2.24, 2.45) is 0 Å². The van der Waals surface area contributed by atoms with Crippen molar-refractivity contribution in [3.8, 4) is 0 Å². The molecule has 84 valence electrons. The average Bonchev–Trinajstić information content (AvgIpc) is 2.18. The van der Waals surface area contributed by atoms with Gasteiger partial charge in [-0.15, -0.1) is 0 Å². The molecule has 14 heavy (non-hydrogen) atoms. The lowest BCUT2D eigenvalue weighted by atomic mass is 10.1. The lowest BCUT2D eigenvalue weighted by Crippen LogP contribution is -2.42. The summed E-state index contributed by atoms with van der Waals surface area (Å²) in [6.45, 7) is 4.09. The Hall–Kier alpha value is -0.610. The zero-order chi connectivity index (χ0) is 11.0. The average molecular weight is 202 g/mol. The zero-order valence-corrected chi connectivity index (χ0v) is 9.42. The molecule has 0 radical (unpaired) electrons. The summed E-state index contributed by atoms with van der Waals surface area (Å²) in [5, 5.41) is 11.0. The second-order valence-corrected chi connectivity index (χ2v) is 3.64. The largest absolute Gasteiger partial charge is 0.481 e. The van der Waals surface area contributed by atoms with Crippen LogP contribution in [0, 0.1) is 0 Å². The van der Waals surface area contributed by atoms with Crippen LogP contribution in [0.2, 0.25) is 0 Å². The molecule has 1 heterocycles. The van der Waals surface area contributed by atoms with Crippen molar-refractivity contribution in [2.75, 3.05) is 27.2 Å². The van der Waals surface area contributed by atoms with Gasteiger partial charge in [0.2, 0.25) is 0 Å². The second-order valence-electron chi connectivity index (χ2n) is 3.64. The van der Waals surface area contributed by atoms with Crippen LogP contribution in [0.4, 0.5) is 0 Å². The molecule has 0 amide bonds. The van der Waals surface area contributed by atoms with Crippen molar-refractivity contribution in [1.29, 1.82) is 0 Å². The normalized spacial score (nSPS) is 22.4. The molecule has 1 unspecified atom stereocenters. The molecule has 0 aliphatic carbocycles. The van der Waals surface area contributed by atoms with Crippen LogP contribution in [0.15, 0.2) is 0 Å². The maximum atomic E-state index is 9.37. The lowest BCUT2D eigenvalue weighted by Gasteiger charge is -2.29. The van der Waals surface area contributed by atoms with E-state index in [4.69, 9.17) is 5.11 Å². The number of piperidine rings is 1. The quantitative estimate of drug-likeness (QED) is 0.695. The molecule has 0 aromatic carbocycles. The Morgan fingerprint density at radius 3 is 2.50 bits per heavy atom. The first-order valence-electron chi connectivity index (χ1n) is 5.17. The van der Waals surface area contributed by atoms with E-state index in [9.17, 15) is 4.79 Å². The number of nitrogens with zero attached hydrogens (tertiary/aromatic N) is 1. The third kappa shape index (κ3) is 6.86. The Labute approximate surface area is 86.3 Å². The maximum absolute atomic E-state index is 9.37. The van der Waals surface area contributed by atoms with Crippen molar-refractivity contribution in [1.82, 2.24) is 10.2 Å². The monoisotopic (exact) mass is 202 g/mol. The van der Waals surface area contributed by atoms with Gasteiger partial charge in [0.15, 0.2) is 0 Å². The highest BCUT2D eigenvalue weighted by atomic mass is 16.4. The third-order valence-electron chi connectivity index (χ3n) is 2.34. The minimum absolute atomic E-state index is 0.222. The first kappa shape index (κ1) is 13.4. The van der Waals surface area contributed by atoms with Crippen molar-refractivity contribution in [3.63, 3.8) is 0 Å². The van der Waals surface area contributed by atoms with E-state index in [1.54, 1.807) is 6.92 Å². The highest BCUT2D eigenvalue weighted by Crippen LogP contribution is 2.06. The van der Waals surface area contributed by atoms with Crippen LogP contribution >= 0.6 is 0 Å². The number of nitrogens with one attached hydrogen (secondary N) is 1. The summed E-state index contributed by atoms with van der Waals surface area (Å²) in [4.78, 5) is 11.7. The smallest absolute Gasteiger partial charge is 0.303 e. The van der Waals surface area contributed by atoms with Gasteiger partial charge in [-0.25, -0.2) is 0 Å². The molecule has 2 N–H and O–H groups in total. The van der Waals surface area contributed by atoms with Crippen LogP contribution in [0.3, 0.4) is 0 Å². The molecule has 1 fully saturated rings. The SMILES string of the molecule is CCC(=O)O.CNC1CCCN(C)C1. The molecule has 1 atom stereocenters. The predicted molar refractivity (Wildman–Crippen MR) is 57.5 cm³/mol. The first-order valence-corrected chi connectivity index (χ1v) is 5.17. The first-order chi connectivity index (χ1) is 6.60.